The van der Waals surface area contributed by atoms with Crippen LogP contribution in [0.5, 0.6) is 5.75 Å². The van der Waals surface area contributed by atoms with E-state index in [0.717, 1.165) is 11.1 Å². The number of benzene rings is 3. The Morgan fingerprint density at radius 2 is 1.78 bits per heavy atom. The Morgan fingerprint density at radius 3 is 2.38 bits per heavy atom. The number of rotatable bonds is 7. The second-order valence-corrected chi connectivity index (χ2v) is 7.38. The summed E-state index contributed by atoms with van der Waals surface area (Å²) in [5.74, 6) is -1.08. The molecule has 0 aliphatic heterocycles. The molecule has 0 unspecified atom stereocenters. The van der Waals surface area contributed by atoms with E-state index in [2.05, 4.69) is 5.32 Å². The lowest BCUT2D eigenvalue weighted by molar-refractivity contribution is -0.112. The van der Waals surface area contributed by atoms with Gasteiger partial charge < -0.3 is 15.2 Å². The minimum absolute atomic E-state index is 0.0613. The van der Waals surface area contributed by atoms with Crippen LogP contribution in [0.3, 0.4) is 0 Å². The first kappa shape index (κ1) is 22.6. The Morgan fingerprint density at radius 1 is 1.09 bits per heavy atom. The van der Waals surface area contributed by atoms with Crippen LogP contribution in [-0.2, 0) is 11.4 Å². The predicted molar refractivity (Wildman–Crippen MR) is 123 cm³/mol. The van der Waals surface area contributed by atoms with Gasteiger partial charge in [-0.15, -0.1) is 0 Å². The van der Waals surface area contributed by atoms with Crippen molar-refractivity contribution in [2.75, 3.05) is 5.32 Å². The number of ether oxygens (including phenoxy) is 1. The summed E-state index contributed by atoms with van der Waals surface area (Å²) in [6, 6.07) is 20.4. The number of anilines is 1. The zero-order chi connectivity index (χ0) is 23.1. The first-order valence-corrected chi connectivity index (χ1v) is 9.98. The van der Waals surface area contributed by atoms with Gasteiger partial charge in [0.2, 0.25) is 0 Å². The number of carbonyl (C=O) groups excluding carboxylic acids is 1. The number of amides is 1. The zero-order valence-corrected chi connectivity index (χ0v) is 17.9. The zero-order valence-electron chi connectivity index (χ0n) is 17.1. The molecule has 0 aliphatic rings. The molecule has 32 heavy (non-hydrogen) atoms. The number of nitriles is 1. The van der Waals surface area contributed by atoms with Crippen molar-refractivity contribution < 1.29 is 19.4 Å². The van der Waals surface area contributed by atoms with Crippen molar-refractivity contribution in [3.8, 4) is 11.8 Å². The van der Waals surface area contributed by atoms with Crippen LogP contribution in [0.4, 0.5) is 5.69 Å². The van der Waals surface area contributed by atoms with Crippen LogP contribution in [0.1, 0.15) is 27.0 Å². The fourth-order valence-corrected chi connectivity index (χ4v) is 3.02. The average Bonchev–Trinajstić information content (AvgIpc) is 2.78. The highest BCUT2D eigenvalue weighted by atomic mass is 35.5. The highest BCUT2D eigenvalue weighted by Crippen LogP contribution is 2.27. The van der Waals surface area contributed by atoms with Gasteiger partial charge in [0.05, 0.1) is 10.6 Å². The molecule has 0 fully saturated rings. The normalized spacial score (nSPS) is 10.8. The van der Waals surface area contributed by atoms with Crippen LogP contribution < -0.4 is 10.1 Å². The lowest BCUT2D eigenvalue weighted by Crippen LogP contribution is -2.13. The van der Waals surface area contributed by atoms with Gasteiger partial charge >= 0.3 is 5.97 Å². The number of halogens is 1. The van der Waals surface area contributed by atoms with Gasteiger partial charge in [-0.1, -0.05) is 47.5 Å². The maximum Gasteiger partial charge on any atom is 0.335 e. The molecule has 0 heterocycles. The first-order chi connectivity index (χ1) is 15.4. The van der Waals surface area contributed by atoms with Crippen molar-refractivity contribution in [1.82, 2.24) is 0 Å². The van der Waals surface area contributed by atoms with Gasteiger partial charge in [0, 0.05) is 5.69 Å². The molecule has 3 aromatic carbocycles. The number of nitrogens with one attached hydrogen (secondary N) is 1. The smallest absolute Gasteiger partial charge is 0.335 e. The summed E-state index contributed by atoms with van der Waals surface area (Å²) in [5, 5.41) is 21.3. The number of aryl methyl sites for hydroxylation is 1. The van der Waals surface area contributed by atoms with Gasteiger partial charge in [0.25, 0.3) is 5.91 Å². The Labute approximate surface area is 190 Å². The van der Waals surface area contributed by atoms with E-state index in [0.29, 0.717) is 22.0 Å². The van der Waals surface area contributed by atoms with Crippen molar-refractivity contribution in [3.05, 3.63) is 99.6 Å². The molecule has 3 aromatic rings. The third kappa shape index (κ3) is 5.97. The number of carbonyl (C=O) groups is 2. The van der Waals surface area contributed by atoms with Crippen molar-refractivity contribution in [2.45, 2.75) is 13.5 Å². The lowest BCUT2D eigenvalue weighted by Gasteiger charge is -2.09. The molecule has 0 radical (unpaired) electrons. The van der Waals surface area contributed by atoms with E-state index in [9.17, 15) is 14.9 Å². The summed E-state index contributed by atoms with van der Waals surface area (Å²) in [6.07, 6.45) is 1.45. The molecule has 0 saturated heterocycles. The van der Waals surface area contributed by atoms with Crippen LogP contribution in [0, 0.1) is 18.3 Å². The Hall–Kier alpha value is -4.08. The van der Waals surface area contributed by atoms with Crippen LogP contribution in [-0.4, -0.2) is 17.0 Å². The molecule has 3 rings (SSSR count). The van der Waals surface area contributed by atoms with Crippen LogP contribution in [0.2, 0.25) is 5.02 Å². The summed E-state index contributed by atoms with van der Waals surface area (Å²) in [5.41, 5.74) is 3.16. The fourth-order valence-electron chi connectivity index (χ4n) is 2.78. The second kappa shape index (κ2) is 10.3. The maximum absolute atomic E-state index is 12.4. The van der Waals surface area contributed by atoms with E-state index in [-0.39, 0.29) is 17.7 Å². The third-order valence-corrected chi connectivity index (χ3v) is 4.83. The predicted octanol–water partition coefficient (Wildman–Crippen LogP) is 5.47. The fraction of sp³-hybridized carbons (Fsp3) is 0.0800. The molecule has 0 spiro atoms. The molecule has 2 N–H and O–H groups in total. The topological polar surface area (TPSA) is 99.4 Å². The third-order valence-electron chi connectivity index (χ3n) is 4.54. The molecule has 0 aliphatic carbocycles. The van der Waals surface area contributed by atoms with E-state index in [1.807, 2.05) is 25.1 Å². The van der Waals surface area contributed by atoms with Gasteiger partial charge in [-0.2, -0.15) is 5.26 Å². The Balaban J connectivity index is 1.67. The summed E-state index contributed by atoms with van der Waals surface area (Å²) in [6.45, 7) is 2.15. The van der Waals surface area contributed by atoms with Crippen molar-refractivity contribution in [2.24, 2.45) is 0 Å². The molecular weight excluding hydrogens is 428 g/mol. The number of carboxylic acids is 1. The van der Waals surface area contributed by atoms with Crippen molar-refractivity contribution >= 4 is 35.2 Å². The summed E-state index contributed by atoms with van der Waals surface area (Å²) >= 11 is 6.30. The van der Waals surface area contributed by atoms with E-state index in [4.69, 9.17) is 21.4 Å². The molecular formula is C25H19ClN2O4. The molecule has 1 amide bonds. The number of nitrogens with zero attached hydrogens (tertiary/aromatic N) is 1. The standard InChI is InChI=1S/C25H19ClN2O4/c1-16-2-9-21(10-3-16)28-24(29)20(14-27)12-18-6-11-23(22(26)13-18)32-15-17-4-7-19(8-5-17)25(30)31/h2-13H,15H2,1H3,(H,28,29)(H,30,31)/b20-12+. The molecule has 160 valence electrons. The first-order valence-electron chi connectivity index (χ1n) is 9.60. The van der Waals surface area contributed by atoms with Crippen molar-refractivity contribution in [1.29, 1.82) is 5.26 Å². The lowest BCUT2D eigenvalue weighted by atomic mass is 10.1. The minimum atomic E-state index is -0.992. The molecule has 0 bridgehead atoms. The van der Waals surface area contributed by atoms with Gasteiger partial charge in [-0.25, -0.2) is 4.79 Å². The minimum Gasteiger partial charge on any atom is -0.487 e. The van der Waals surface area contributed by atoms with Gasteiger partial charge in [0.15, 0.2) is 0 Å². The largest absolute Gasteiger partial charge is 0.487 e. The maximum atomic E-state index is 12.4. The van der Waals surface area contributed by atoms with E-state index >= 15 is 0 Å². The molecule has 0 aromatic heterocycles. The monoisotopic (exact) mass is 446 g/mol. The van der Waals surface area contributed by atoms with Crippen LogP contribution in [0.25, 0.3) is 6.08 Å². The summed E-state index contributed by atoms with van der Waals surface area (Å²) in [4.78, 5) is 23.3. The molecule has 6 nitrogen and oxygen atoms in total. The average molecular weight is 447 g/mol. The molecule has 0 atom stereocenters. The number of hydrogen-bond acceptors (Lipinski definition) is 4. The quantitative estimate of drug-likeness (QED) is 0.370. The van der Waals surface area contributed by atoms with E-state index in [1.165, 1.54) is 18.2 Å². The van der Waals surface area contributed by atoms with Crippen LogP contribution >= 0.6 is 11.6 Å². The van der Waals surface area contributed by atoms with Crippen LogP contribution in [0.15, 0.2) is 72.3 Å². The Bertz CT molecular complexity index is 1210. The van der Waals surface area contributed by atoms with E-state index in [1.54, 1.807) is 42.5 Å². The van der Waals surface area contributed by atoms with Crippen molar-refractivity contribution in [3.63, 3.8) is 0 Å². The molecule has 0 saturated carbocycles. The van der Waals surface area contributed by atoms with Gasteiger partial charge in [-0.05, 0) is 60.5 Å². The summed E-state index contributed by atoms with van der Waals surface area (Å²) in [7, 11) is 0. The highest BCUT2D eigenvalue weighted by Gasteiger charge is 2.11. The number of carboxylic acid groups (broad SMARTS) is 1. The van der Waals surface area contributed by atoms with E-state index < -0.39 is 11.9 Å². The second-order valence-electron chi connectivity index (χ2n) is 6.97. The molecule has 7 heteroatoms. The Kier molecular flexibility index (Phi) is 7.27. The number of hydrogen-bond donors (Lipinski definition) is 2. The van der Waals surface area contributed by atoms with Gasteiger partial charge in [0.1, 0.15) is 24.0 Å². The van der Waals surface area contributed by atoms with Gasteiger partial charge in [-0.3, -0.25) is 4.79 Å². The summed E-state index contributed by atoms with van der Waals surface area (Å²) < 4.78 is 5.70. The SMILES string of the molecule is Cc1ccc(NC(=O)/C(C#N)=C/c2ccc(OCc3ccc(C(=O)O)cc3)c(Cl)c2)cc1. The highest BCUT2D eigenvalue weighted by molar-refractivity contribution is 6.32. The number of aromatic carboxylic acids is 1.